The average molecular weight is 194 g/mol. The highest BCUT2D eigenvalue weighted by atomic mass is 19.4. The molecule has 0 atom stereocenters. The van der Waals surface area contributed by atoms with Gasteiger partial charge in [0.2, 0.25) is 0 Å². The first-order chi connectivity index (χ1) is 6.57. The van der Waals surface area contributed by atoms with Crippen LogP contribution in [-0.4, -0.2) is 0 Å². The maximum atomic E-state index is 12.3. The normalized spacial score (nSPS) is 11.9. The van der Waals surface area contributed by atoms with Gasteiger partial charge in [0.1, 0.15) is 0 Å². The van der Waals surface area contributed by atoms with Gasteiger partial charge >= 0.3 is 6.18 Å². The summed E-state index contributed by atoms with van der Waals surface area (Å²) in [4.78, 5) is 0. The van der Waals surface area contributed by atoms with Gasteiger partial charge in [0.25, 0.3) is 0 Å². The Bertz CT molecular complexity index is 457. The van der Waals surface area contributed by atoms with E-state index in [1.165, 1.54) is 12.1 Å². The highest BCUT2D eigenvalue weighted by Crippen LogP contribution is 2.30. The van der Waals surface area contributed by atoms with Crippen LogP contribution in [0.4, 0.5) is 13.2 Å². The van der Waals surface area contributed by atoms with Gasteiger partial charge in [0.05, 0.1) is 5.56 Å². The van der Waals surface area contributed by atoms with E-state index in [1.807, 2.05) is 0 Å². The first-order valence-electron chi connectivity index (χ1n) is 3.96. The van der Waals surface area contributed by atoms with Gasteiger partial charge in [-0.2, -0.15) is 13.2 Å². The number of hydrogen-bond acceptors (Lipinski definition) is 0. The molecule has 0 aliphatic heterocycles. The van der Waals surface area contributed by atoms with Crippen LogP contribution in [0, 0.1) is 12.1 Å². The van der Waals surface area contributed by atoms with E-state index < -0.39 is 11.7 Å². The summed E-state index contributed by atoms with van der Waals surface area (Å²) < 4.78 is 36.8. The van der Waals surface area contributed by atoms with Crippen molar-refractivity contribution in [1.29, 1.82) is 0 Å². The zero-order chi connectivity index (χ0) is 10.2. The van der Waals surface area contributed by atoms with Gasteiger partial charge in [0.15, 0.2) is 0 Å². The van der Waals surface area contributed by atoms with E-state index in [0.29, 0.717) is 5.39 Å². The van der Waals surface area contributed by atoms with Crippen LogP contribution in [0.5, 0.6) is 0 Å². The van der Waals surface area contributed by atoms with Crippen molar-refractivity contribution in [3.8, 4) is 0 Å². The zero-order valence-electron chi connectivity index (χ0n) is 7.02. The van der Waals surface area contributed by atoms with Crippen LogP contribution >= 0.6 is 0 Å². The minimum atomic E-state index is -4.33. The van der Waals surface area contributed by atoms with Crippen LogP contribution in [0.15, 0.2) is 30.3 Å². The molecule has 70 valence electrons. The van der Waals surface area contributed by atoms with Crippen molar-refractivity contribution in [2.45, 2.75) is 6.18 Å². The van der Waals surface area contributed by atoms with E-state index in [0.717, 1.165) is 11.5 Å². The van der Waals surface area contributed by atoms with E-state index in [-0.39, 0.29) is 0 Å². The van der Waals surface area contributed by atoms with Crippen molar-refractivity contribution in [2.75, 3.05) is 0 Å². The molecule has 0 aromatic heterocycles. The van der Waals surface area contributed by atoms with E-state index in [1.54, 1.807) is 12.1 Å². The molecule has 0 fully saturated rings. The Kier molecular flexibility index (Phi) is 1.95. The van der Waals surface area contributed by atoms with Crippen molar-refractivity contribution >= 4 is 10.8 Å². The molecule has 2 aromatic rings. The summed E-state index contributed by atoms with van der Waals surface area (Å²) in [6.45, 7) is 0. The zero-order valence-corrected chi connectivity index (χ0v) is 7.02. The Labute approximate surface area is 79.0 Å². The molecule has 0 aliphatic rings. The van der Waals surface area contributed by atoms with Crippen LogP contribution in [-0.2, 0) is 6.18 Å². The molecule has 0 saturated carbocycles. The Hall–Kier alpha value is -1.51. The molecular formula is C11H5F3. The summed E-state index contributed by atoms with van der Waals surface area (Å²) in [7, 11) is 0. The molecule has 2 aromatic carbocycles. The van der Waals surface area contributed by atoms with Crippen molar-refractivity contribution in [3.63, 3.8) is 0 Å². The second kappa shape index (κ2) is 3.01. The van der Waals surface area contributed by atoms with Crippen LogP contribution < -0.4 is 0 Å². The fourth-order valence-corrected chi connectivity index (χ4v) is 1.23. The summed E-state index contributed by atoms with van der Waals surface area (Å²) >= 11 is 0. The maximum absolute atomic E-state index is 12.3. The summed E-state index contributed by atoms with van der Waals surface area (Å²) in [5.41, 5.74) is -0.746. The van der Waals surface area contributed by atoms with Gasteiger partial charge in [-0.05, 0) is 41.1 Å². The molecule has 0 N–H and O–H groups in total. The topological polar surface area (TPSA) is 0 Å². The molecule has 3 heteroatoms. The predicted octanol–water partition coefficient (Wildman–Crippen LogP) is 3.46. The molecule has 2 radical (unpaired) electrons. The van der Waals surface area contributed by atoms with Gasteiger partial charge in [-0.1, -0.05) is 12.1 Å². The summed E-state index contributed by atoms with van der Waals surface area (Å²) in [6, 6.07) is 12.2. The largest absolute Gasteiger partial charge is 0.417 e. The second-order valence-electron chi connectivity index (χ2n) is 2.90. The summed E-state index contributed by atoms with van der Waals surface area (Å²) in [5.74, 6) is 0. The van der Waals surface area contributed by atoms with Crippen LogP contribution in [0.3, 0.4) is 0 Å². The lowest BCUT2D eigenvalue weighted by Crippen LogP contribution is -2.04. The number of alkyl halides is 3. The molecule has 0 aliphatic carbocycles. The third-order valence-electron chi connectivity index (χ3n) is 1.92. The minimum absolute atomic E-state index is 0.526. The van der Waals surface area contributed by atoms with Gasteiger partial charge in [-0.3, -0.25) is 0 Å². The van der Waals surface area contributed by atoms with Crippen LogP contribution in [0.25, 0.3) is 10.8 Å². The molecule has 2 rings (SSSR count). The molecule has 0 amide bonds. The fraction of sp³-hybridized carbons (Fsp3) is 0.0909. The standard InChI is InChI=1S/C11H5F3/c12-11(13,14)10-6-5-8-3-1-2-4-9(8)7-10/h1,3-5,7H. The Balaban J connectivity index is 2.63. The first kappa shape index (κ1) is 9.06. The molecule has 0 nitrogen and oxygen atoms in total. The van der Waals surface area contributed by atoms with E-state index in [4.69, 9.17) is 0 Å². The number of rotatable bonds is 0. The van der Waals surface area contributed by atoms with Crippen molar-refractivity contribution in [1.82, 2.24) is 0 Å². The van der Waals surface area contributed by atoms with Crippen molar-refractivity contribution < 1.29 is 13.2 Å². The molecule has 0 heterocycles. The lowest BCUT2D eigenvalue weighted by Gasteiger charge is -2.06. The van der Waals surface area contributed by atoms with E-state index in [9.17, 15) is 13.2 Å². The smallest absolute Gasteiger partial charge is 0.166 e. The van der Waals surface area contributed by atoms with Gasteiger partial charge in [-0.25, -0.2) is 0 Å². The number of benzene rings is 2. The van der Waals surface area contributed by atoms with Gasteiger partial charge in [-0.15, -0.1) is 0 Å². The molecular weight excluding hydrogens is 189 g/mol. The lowest BCUT2D eigenvalue weighted by molar-refractivity contribution is -0.137. The first-order valence-corrected chi connectivity index (χ1v) is 3.96. The van der Waals surface area contributed by atoms with Crippen LogP contribution in [0.2, 0.25) is 0 Å². The van der Waals surface area contributed by atoms with Crippen molar-refractivity contribution in [2.24, 2.45) is 0 Å². The molecule has 0 unspecified atom stereocenters. The summed E-state index contributed by atoms with van der Waals surface area (Å²) in [6.07, 6.45) is -4.33. The molecule has 0 saturated heterocycles. The van der Waals surface area contributed by atoms with Gasteiger partial charge < -0.3 is 0 Å². The number of fused-ring (bicyclic) bond motifs is 1. The Morgan fingerprint density at radius 3 is 2.57 bits per heavy atom. The minimum Gasteiger partial charge on any atom is -0.166 e. The maximum Gasteiger partial charge on any atom is 0.417 e. The predicted molar refractivity (Wildman–Crippen MR) is 46.6 cm³/mol. The lowest BCUT2D eigenvalue weighted by atomic mass is 10.1. The van der Waals surface area contributed by atoms with E-state index in [2.05, 4.69) is 12.1 Å². The average Bonchev–Trinajstić information content (AvgIpc) is 2.16. The second-order valence-corrected chi connectivity index (χ2v) is 2.90. The van der Waals surface area contributed by atoms with Crippen LogP contribution in [0.1, 0.15) is 5.56 Å². The van der Waals surface area contributed by atoms with E-state index >= 15 is 0 Å². The molecule has 0 bridgehead atoms. The SMILES string of the molecule is FC(F)(F)c1[c]cc2cc[c]cc2c1. The Morgan fingerprint density at radius 1 is 1.07 bits per heavy atom. The van der Waals surface area contributed by atoms with Crippen molar-refractivity contribution in [3.05, 3.63) is 48.0 Å². The highest BCUT2D eigenvalue weighted by molar-refractivity contribution is 5.82. The molecule has 14 heavy (non-hydrogen) atoms. The molecule has 0 spiro atoms. The third-order valence-corrected chi connectivity index (χ3v) is 1.92. The number of halogens is 3. The highest BCUT2D eigenvalue weighted by Gasteiger charge is 2.30. The fourth-order valence-electron chi connectivity index (χ4n) is 1.23. The monoisotopic (exact) mass is 194 g/mol. The quantitative estimate of drug-likeness (QED) is 0.602. The third kappa shape index (κ3) is 1.58. The van der Waals surface area contributed by atoms with Gasteiger partial charge in [0, 0.05) is 0 Å². The summed E-state index contributed by atoms with van der Waals surface area (Å²) in [5, 5.41) is 1.26. The Morgan fingerprint density at radius 2 is 1.86 bits per heavy atom. The number of hydrogen-bond donors (Lipinski definition) is 0.